The molecule has 5 nitrogen and oxygen atoms in total. The molecule has 1 aliphatic rings. The first-order chi connectivity index (χ1) is 10.5. The smallest absolute Gasteiger partial charge is 0.318 e. The van der Waals surface area contributed by atoms with Crippen LogP contribution in [-0.4, -0.2) is 26.0 Å². The fourth-order valence-corrected chi connectivity index (χ4v) is 4.89. The van der Waals surface area contributed by atoms with Gasteiger partial charge < -0.3 is 5.11 Å². The molecule has 0 bridgehead atoms. The predicted molar refractivity (Wildman–Crippen MR) is 84.6 cm³/mol. The zero-order valence-corrected chi connectivity index (χ0v) is 13.3. The molecule has 1 heterocycles. The topological polar surface area (TPSA) is 83.5 Å². The van der Waals surface area contributed by atoms with E-state index in [0.717, 1.165) is 34.6 Å². The maximum absolute atomic E-state index is 12.0. The molecule has 0 spiro atoms. The van der Waals surface area contributed by atoms with E-state index in [1.807, 2.05) is 6.07 Å². The van der Waals surface area contributed by atoms with Crippen molar-refractivity contribution in [2.45, 2.75) is 23.5 Å². The molecule has 0 fully saturated rings. The van der Waals surface area contributed by atoms with Crippen molar-refractivity contribution >= 4 is 27.3 Å². The number of carbonyl (C=O) groups is 1. The molecule has 0 atom stereocenters. The number of thiophene rings is 1. The monoisotopic (exact) mass is 337 g/mol. The first-order valence-corrected chi connectivity index (χ1v) is 9.19. The predicted octanol–water partition coefficient (Wildman–Crippen LogP) is 2.27. The molecule has 0 radical (unpaired) electrons. The Hall–Kier alpha value is -1.70. The van der Waals surface area contributed by atoms with Gasteiger partial charge in [0.1, 0.15) is 10.8 Å². The van der Waals surface area contributed by atoms with Gasteiger partial charge in [0.05, 0.1) is 0 Å². The standard InChI is InChI=1S/C15H15NO4S2/c17-14(18)9-16-22(19,20)15-7-6-13(21-15)12-5-4-10-2-1-3-11(10)8-12/h4-8,16H,1-3,9H2,(H,17,18). The Morgan fingerprint density at radius 2 is 1.95 bits per heavy atom. The van der Waals surface area contributed by atoms with Gasteiger partial charge in [0.25, 0.3) is 10.0 Å². The van der Waals surface area contributed by atoms with Gasteiger partial charge in [0.15, 0.2) is 0 Å². The second-order valence-electron chi connectivity index (χ2n) is 5.17. The van der Waals surface area contributed by atoms with Crippen LogP contribution in [-0.2, 0) is 27.7 Å². The van der Waals surface area contributed by atoms with E-state index in [4.69, 9.17) is 5.11 Å². The van der Waals surface area contributed by atoms with Crippen LogP contribution in [0.1, 0.15) is 17.5 Å². The second kappa shape index (κ2) is 5.83. The molecule has 2 N–H and O–H groups in total. The molecule has 0 saturated heterocycles. The van der Waals surface area contributed by atoms with E-state index in [1.54, 1.807) is 6.07 Å². The summed E-state index contributed by atoms with van der Waals surface area (Å²) in [4.78, 5) is 11.4. The molecule has 3 rings (SSSR count). The van der Waals surface area contributed by atoms with Gasteiger partial charge in [-0.05, 0) is 48.1 Å². The fourth-order valence-electron chi connectivity index (χ4n) is 2.57. The number of sulfonamides is 1. The third kappa shape index (κ3) is 3.06. The largest absolute Gasteiger partial charge is 0.480 e. The third-order valence-electron chi connectivity index (χ3n) is 3.64. The van der Waals surface area contributed by atoms with Gasteiger partial charge in [-0.25, -0.2) is 8.42 Å². The van der Waals surface area contributed by atoms with Crippen molar-refractivity contribution in [2.24, 2.45) is 0 Å². The van der Waals surface area contributed by atoms with E-state index < -0.39 is 22.5 Å². The average molecular weight is 337 g/mol. The van der Waals surface area contributed by atoms with Crippen LogP contribution in [0, 0.1) is 0 Å². The normalized spacial score (nSPS) is 14.0. The Bertz CT molecular complexity index is 824. The molecule has 2 aromatic rings. The first-order valence-electron chi connectivity index (χ1n) is 6.89. The van der Waals surface area contributed by atoms with E-state index in [1.165, 1.54) is 23.6 Å². The summed E-state index contributed by atoms with van der Waals surface area (Å²) in [6.45, 7) is -0.617. The molecule has 0 aliphatic heterocycles. The van der Waals surface area contributed by atoms with Gasteiger partial charge in [0.2, 0.25) is 0 Å². The highest BCUT2D eigenvalue weighted by atomic mass is 32.2. The zero-order valence-electron chi connectivity index (χ0n) is 11.7. The van der Waals surface area contributed by atoms with Gasteiger partial charge in [-0.2, -0.15) is 4.72 Å². The lowest BCUT2D eigenvalue weighted by Crippen LogP contribution is -2.28. The van der Waals surface area contributed by atoms with Crippen LogP contribution in [0.3, 0.4) is 0 Å². The number of fused-ring (bicyclic) bond motifs is 1. The summed E-state index contributed by atoms with van der Waals surface area (Å²) in [5, 5.41) is 8.57. The van der Waals surface area contributed by atoms with Gasteiger partial charge >= 0.3 is 5.97 Å². The number of carboxylic acids is 1. The van der Waals surface area contributed by atoms with Crippen molar-refractivity contribution in [2.75, 3.05) is 6.54 Å². The molecule has 7 heteroatoms. The number of aryl methyl sites for hydroxylation is 2. The lowest BCUT2D eigenvalue weighted by molar-refractivity contribution is -0.135. The summed E-state index contributed by atoms with van der Waals surface area (Å²) >= 11 is 1.15. The summed E-state index contributed by atoms with van der Waals surface area (Å²) in [6.07, 6.45) is 3.35. The maximum atomic E-state index is 12.0. The molecular formula is C15H15NO4S2. The van der Waals surface area contributed by atoms with Gasteiger partial charge in [-0.15, -0.1) is 11.3 Å². The molecular weight excluding hydrogens is 322 g/mol. The summed E-state index contributed by atoms with van der Waals surface area (Å²) < 4.78 is 26.2. The highest BCUT2D eigenvalue weighted by Gasteiger charge is 2.19. The quantitative estimate of drug-likeness (QED) is 0.877. The van der Waals surface area contributed by atoms with Crippen LogP contribution < -0.4 is 4.72 Å². The van der Waals surface area contributed by atoms with Crippen molar-refractivity contribution in [3.05, 3.63) is 41.5 Å². The number of rotatable bonds is 5. The summed E-state index contributed by atoms with van der Waals surface area (Å²) in [7, 11) is -3.77. The van der Waals surface area contributed by atoms with E-state index in [-0.39, 0.29) is 4.21 Å². The molecule has 0 unspecified atom stereocenters. The molecule has 1 aromatic heterocycles. The Morgan fingerprint density at radius 1 is 1.18 bits per heavy atom. The minimum atomic E-state index is -3.77. The zero-order chi connectivity index (χ0) is 15.7. The van der Waals surface area contributed by atoms with Crippen LogP contribution >= 0.6 is 11.3 Å². The van der Waals surface area contributed by atoms with Crippen LogP contribution in [0.5, 0.6) is 0 Å². The summed E-state index contributed by atoms with van der Waals surface area (Å²) in [5.74, 6) is -1.21. The minimum Gasteiger partial charge on any atom is -0.480 e. The lowest BCUT2D eigenvalue weighted by atomic mass is 10.1. The molecule has 0 amide bonds. The van der Waals surface area contributed by atoms with Gasteiger partial charge in [-0.3, -0.25) is 4.79 Å². The fraction of sp³-hybridized carbons (Fsp3) is 0.267. The number of nitrogens with one attached hydrogen (secondary N) is 1. The number of hydrogen-bond acceptors (Lipinski definition) is 4. The van der Waals surface area contributed by atoms with Gasteiger partial charge in [0, 0.05) is 4.88 Å². The highest BCUT2D eigenvalue weighted by Crippen LogP contribution is 2.33. The Labute approximate surface area is 132 Å². The Morgan fingerprint density at radius 3 is 2.73 bits per heavy atom. The van der Waals surface area contributed by atoms with E-state index in [0.29, 0.717) is 0 Å². The van der Waals surface area contributed by atoms with Crippen LogP contribution in [0.4, 0.5) is 0 Å². The molecule has 1 aromatic carbocycles. The maximum Gasteiger partial charge on any atom is 0.318 e. The second-order valence-corrected chi connectivity index (χ2v) is 8.25. The molecule has 1 aliphatic carbocycles. The lowest BCUT2D eigenvalue weighted by Gasteiger charge is -2.03. The minimum absolute atomic E-state index is 0.129. The third-order valence-corrected chi connectivity index (χ3v) is 6.67. The van der Waals surface area contributed by atoms with E-state index in [2.05, 4.69) is 16.9 Å². The number of aliphatic carboxylic acids is 1. The van der Waals surface area contributed by atoms with Crippen molar-refractivity contribution in [3.63, 3.8) is 0 Å². The van der Waals surface area contributed by atoms with E-state index in [9.17, 15) is 13.2 Å². The Balaban J connectivity index is 1.86. The van der Waals surface area contributed by atoms with Crippen molar-refractivity contribution < 1.29 is 18.3 Å². The first kappa shape index (κ1) is 15.2. The van der Waals surface area contributed by atoms with E-state index >= 15 is 0 Å². The summed E-state index contributed by atoms with van der Waals surface area (Å²) in [6, 6.07) is 9.51. The van der Waals surface area contributed by atoms with Crippen LogP contribution in [0.15, 0.2) is 34.5 Å². The van der Waals surface area contributed by atoms with Gasteiger partial charge in [-0.1, -0.05) is 18.2 Å². The molecule has 22 heavy (non-hydrogen) atoms. The number of hydrogen-bond donors (Lipinski definition) is 2. The van der Waals surface area contributed by atoms with Crippen molar-refractivity contribution in [1.82, 2.24) is 4.72 Å². The van der Waals surface area contributed by atoms with Crippen LogP contribution in [0.2, 0.25) is 0 Å². The molecule has 116 valence electrons. The van der Waals surface area contributed by atoms with Crippen molar-refractivity contribution in [1.29, 1.82) is 0 Å². The number of carboxylic acid groups (broad SMARTS) is 1. The molecule has 0 saturated carbocycles. The van der Waals surface area contributed by atoms with Crippen LogP contribution in [0.25, 0.3) is 10.4 Å². The SMILES string of the molecule is O=C(O)CNS(=O)(=O)c1ccc(-c2ccc3c(c2)CCC3)s1. The summed E-state index contributed by atoms with van der Waals surface area (Å²) in [5.41, 5.74) is 3.71. The highest BCUT2D eigenvalue weighted by molar-refractivity contribution is 7.91. The van der Waals surface area contributed by atoms with Crippen molar-refractivity contribution in [3.8, 4) is 10.4 Å². The average Bonchev–Trinajstić information content (AvgIpc) is 3.13. The Kier molecular flexibility index (Phi) is 4.03. The number of benzene rings is 1.